The molecule has 0 aromatic rings. The lowest BCUT2D eigenvalue weighted by molar-refractivity contribution is -0.00177. The predicted molar refractivity (Wildman–Crippen MR) is 35.8 cm³/mol. The van der Waals surface area contributed by atoms with E-state index in [4.69, 9.17) is 5.11 Å². The molecule has 0 aliphatic carbocycles. The van der Waals surface area contributed by atoms with Crippen LogP contribution in [0.3, 0.4) is 0 Å². The molecule has 1 atom stereocenters. The molecule has 0 aliphatic heterocycles. The van der Waals surface area contributed by atoms with Gasteiger partial charge in [0, 0.05) is 0 Å². The van der Waals surface area contributed by atoms with Gasteiger partial charge in [0.2, 0.25) is 0 Å². The third-order valence-corrected chi connectivity index (χ3v) is 1.71. The Balaban J connectivity index is 3.71. The average Bonchev–Trinajstić information content (AvgIpc) is 1.67. The zero-order chi connectivity index (χ0) is 6.78. The Labute approximate surface area is 55.5 Å². The second-order valence-electron chi connectivity index (χ2n) is 2.37. The first-order chi connectivity index (χ1) is 3.50. The van der Waals surface area contributed by atoms with E-state index in [-0.39, 0.29) is 0 Å². The van der Waals surface area contributed by atoms with Gasteiger partial charge >= 0.3 is 0 Å². The Morgan fingerprint density at radius 3 is 2.00 bits per heavy atom. The molecule has 0 aromatic heterocycles. The third kappa shape index (κ3) is 2.03. The van der Waals surface area contributed by atoms with Gasteiger partial charge in [0.1, 0.15) is 5.60 Å². The summed E-state index contributed by atoms with van der Waals surface area (Å²) >= 11 is 3.58. The van der Waals surface area contributed by atoms with Crippen LogP contribution in [-0.4, -0.2) is 16.8 Å². The van der Waals surface area contributed by atoms with Crippen LogP contribution in [0.15, 0.2) is 0 Å². The van der Waals surface area contributed by atoms with Crippen LogP contribution >= 0.6 is 12.9 Å². The van der Waals surface area contributed by atoms with E-state index in [0.29, 0.717) is 0 Å². The monoisotopic (exact) mass is 136 g/mol. The Morgan fingerprint density at radius 2 is 2.00 bits per heavy atom. The molecule has 2 nitrogen and oxygen atoms in total. The van der Waals surface area contributed by atoms with Gasteiger partial charge in [-0.05, 0) is 33.7 Å². The van der Waals surface area contributed by atoms with Crippen molar-refractivity contribution in [2.24, 2.45) is 0 Å². The Hall–Kier alpha value is 0.270. The Morgan fingerprint density at radius 1 is 1.62 bits per heavy atom. The molecule has 0 saturated heterocycles. The predicted octanol–water partition coefficient (Wildman–Crippen LogP) is 1.01. The highest BCUT2D eigenvalue weighted by molar-refractivity contribution is 7.75. The molecule has 0 fully saturated rings. The molecule has 0 amide bonds. The van der Waals surface area contributed by atoms with Crippen LogP contribution in [0, 0.1) is 0 Å². The van der Waals surface area contributed by atoms with E-state index in [9.17, 15) is 0 Å². The molecule has 0 spiro atoms. The molecule has 1 N–H and O–H groups in total. The molecule has 0 bridgehead atoms. The van der Waals surface area contributed by atoms with Gasteiger partial charge in [0.05, 0.1) is 6.10 Å². The van der Waals surface area contributed by atoms with Gasteiger partial charge in [0.25, 0.3) is 0 Å². The van der Waals surface area contributed by atoms with Crippen molar-refractivity contribution in [2.45, 2.75) is 32.5 Å². The zero-order valence-corrected chi connectivity index (χ0v) is 6.27. The minimum atomic E-state index is -0.539. The molecule has 50 valence electrons. The summed E-state index contributed by atoms with van der Waals surface area (Å²) in [6.45, 7) is 5.20. The Bertz CT molecular complexity index is 70.8. The molecule has 0 saturated carbocycles. The lowest BCUT2D eigenvalue weighted by Gasteiger charge is -2.24. The van der Waals surface area contributed by atoms with Gasteiger partial charge in [-0.1, -0.05) is 0 Å². The quantitative estimate of drug-likeness (QED) is 0.438. The summed E-state index contributed by atoms with van der Waals surface area (Å²) in [5, 5.41) is 8.91. The van der Waals surface area contributed by atoms with Crippen molar-refractivity contribution in [3.8, 4) is 0 Å². The maximum absolute atomic E-state index is 8.91. The number of hydrogen-bond donors (Lipinski definition) is 2. The van der Waals surface area contributed by atoms with Crippen molar-refractivity contribution < 1.29 is 9.29 Å². The number of aliphatic hydroxyl groups is 1. The van der Waals surface area contributed by atoms with Crippen LogP contribution in [0.5, 0.6) is 0 Å². The third-order valence-electron chi connectivity index (χ3n) is 1.24. The van der Waals surface area contributed by atoms with E-state index in [2.05, 4.69) is 17.1 Å². The lowest BCUT2D eigenvalue weighted by Crippen LogP contribution is -2.33. The molecule has 0 heterocycles. The summed E-state index contributed by atoms with van der Waals surface area (Å²) in [5.41, 5.74) is -0.539. The fourth-order valence-electron chi connectivity index (χ4n) is 0.0763. The van der Waals surface area contributed by atoms with Crippen LogP contribution in [0.1, 0.15) is 20.8 Å². The van der Waals surface area contributed by atoms with E-state index in [1.165, 1.54) is 0 Å². The van der Waals surface area contributed by atoms with Crippen LogP contribution in [0.2, 0.25) is 0 Å². The number of aliphatic hydroxyl groups excluding tert-OH is 1. The smallest absolute Gasteiger partial charge is 0.102 e. The van der Waals surface area contributed by atoms with E-state index in [1.54, 1.807) is 20.8 Å². The molecule has 8 heavy (non-hydrogen) atoms. The molecule has 0 aliphatic rings. The number of hydrogen-bond acceptors (Lipinski definition) is 3. The highest BCUT2D eigenvalue weighted by Gasteiger charge is 2.23. The van der Waals surface area contributed by atoms with Crippen molar-refractivity contribution in [1.82, 2.24) is 0 Å². The van der Waals surface area contributed by atoms with Gasteiger partial charge in [-0.25, -0.2) is 0 Å². The number of rotatable bonds is 2. The number of thiol groups is 1. The van der Waals surface area contributed by atoms with E-state index in [0.717, 1.165) is 0 Å². The molecule has 1 unspecified atom stereocenters. The molecule has 0 aromatic carbocycles. The maximum atomic E-state index is 8.91. The molecular formula is C5H12O2S. The fraction of sp³-hybridized carbons (Fsp3) is 1.00. The van der Waals surface area contributed by atoms with E-state index in [1.807, 2.05) is 0 Å². The minimum Gasteiger partial charge on any atom is -0.390 e. The summed E-state index contributed by atoms with van der Waals surface area (Å²) in [6, 6.07) is 0. The van der Waals surface area contributed by atoms with E-state index >= 15 is 0 Å². The normalized spacial score (nSPS) is 16.1. The first-order valence-electron chi connectivity index (χ1n) is 2.51. The van der Waals surface area contributed by atoms with Crippen LogP contribution in [0.4, 0.5) is 0 Å². The second kappa shape index (κ2) is 2.71. The summed E-state index contributed by atoms with van der Waals surface area (Å²) in [4.78, 5) is 0. The van der Waals surface area contributed by atoms with Crippen molar-refractivity contribution in [1.29, 1.82) is 0 Å². The largest absolute Gasteiger partial charge is 0.390 e. The molecule has 3 heteroatoms. The molecule has 0 radical (unpaired) electrons. The Kier molecular flexibility index (Phi) is 2.80. The van der Waals surface area contributed by atoms with Gasteiger partial charge in [0.15, 0.2) is 0 Å². The zero-order valence-electron chi connectivity index (χ0n) is 5.38. The standard InChI is InChI=1S/C5H12O2S/c1-4(6)5(2,3)7-8/h4,6,8H,1-3H3. The van der Waals surface area contributed by atoms with Gasteiger partial charge in [-0.3, -0.25) is 0 Å². The van der Waals surface area contributed by atoms with Crippen molar-refractivity contribution >= 4 is 12.9 Å². The molecular weight excluding hydrogens is 124 g/mol. The van der Waals surface area contributed by atoms with Crippen LogP contribution < -0.4 is 0 Å². The van der Waals surface area contributed by atoms with Crippen LogP contribution in [-0.2, 0) is 4.18 Å². The summed E-state index contributed by atoms with van der Waals surface area (Å²) < 4.78 is 4.64. The highest BCUT2D eigenvalue weighted by atomic mass is 32.1. The summed E-state index contributed by atoms with van der Waals surface area (Å²) in [5.74, 6) is 0. The minimum absolute atomic E-state index is 0.486. The second-order valence-corrected chi connectivity index (χ2v) is 2.55. The van der Waals surface area contributed by atoms with E-state index < -0.39 is 11.7 Å². The SMILES string of the molecule is CC(O)C(C)(C)OS. The van der Waals surface area contributed by atoms with Crippen LogP contribution in [0.25, 0.3) is 0 Å². The lowest BCUT2D eigenvalue weighted by atomic mass is 10.0. The van der Waals surface area contributed by atoms with Gasteiger partial charge < -0.3 is 9.29 Å². The van der Waals surface area contributed by atoms with Gasteiger partial charge in [-0.15, -0.1) is 0 Å². The van der Waals surface area contributed by atoms with Crippen molar-refractivity contribution in [3.63, 3.8) is 0 Å². The fourth-order valence-corrected chi connectivity index (χ4v) is 0.229. The van der Waals surface area contributed by atoms with Crippen molar-refractivity contribution in [3.05, 3.63) is 0 Å². The maximum Gasteiger partial charge on any atom is 0.102 e. The summed E-state index contributed by atoms with van der Waals surface area (Å²) in [7, 11) is 0. The molecule has 0 rings (SSSR count). The highest BCUT2D eigenvalue weighted by Crippen LogP contribution is 2.15. The van der Waals surface area contributed by atoms with Gasteiger partial charge in [-0.2, -0.15) is 0 Å². The summed E-state index contributed by atoms with van der Waals surface area (Å²) in [6.07, 6.45) is -0.486. The first kappa shape index (κ1) is 8.27. The van der Waals surface area contributed by atoms with Crippen molar-refractivity contribution in [2.75, 3.05) is 0 Å². The topological polar surface area (TPSA) is 29.5 Å². The first-order valence-corrected chi connectivity index (χ1v) is 2.88. The average molecular weight is 136 g/mol.